The number of halogens is 1. The summed E-state index contributed by atoms with van der Waals surface area (Å²) in [5.74, 6) is 0.673. The van der Waals surface area contributed by atoms with Crippen LogP contribution in [-0.2, 0) is 26.3 Å². The number of hydrogen-bond donors (Lipinski definition) is 0. The molecule has 2 fully saturated rings. The van der Waals surface area contributed by atoms with Crippen molar-refractivity contribution in [2.75, 3.05) is 39.5 Å². The maximum absolute atomic E-state index is 12.2. The van der Waals surface area contributed by atoms with Gasteiger partial charge in [0, 0.05) is 44.2 Å². The molecule has 4 heterocycles. The van der Waals surface area contributed by atoms with E-state index in [0.29, 0.717) is 37.1 Å². The molecule has 7 heteroatoms. The van der Waals surface area contributed by atoms with Crippen molar-refractivity contribution in [3.8, 4) is 5.75 Å². The first-order valence-corrected chi connectivity index (χ1v) is 8.88. The maximum Gasteiger partial charge on any atom is 0.260 e. The minimum Gasteiger partial charge on any atom is -0.483 e. The highest BCUT2D eigenvalue weighted by Crippen LogP contribution is 2.42. The molecule has 2 saturated heterocycles. The monoisotopic (exact) mass is 352 g/mol. The zero-order valence-corrected chi connectivity index (χ0v) is 14.3. The van der Waals surface area contributed by atoms with Gasteiger partial charge >= 0.3 is 0 Å². The first kappa shape index (κ1) is 16.1. The lowest BCUT2D eigenvalue weighted by atomic mass is 9.90. The summed E-state index contributed by atoms with van der Waals surface area (Å²) in [5, 5.41) is 0.356. The van der Waals surface area contributed by atoms with Crippen molar-refractivity contribution in [1.29, 1.82) is 0 Å². The minimum absolute atomic E-state index is 0.0279. The highest BCUT2D eigenvalue weighted by atomic mass is 35.5. The van der Waals surface area contributed by atoms with E-state index < -0.39 is 5.60 Å². The number of likely N-dealkylation sites (tertiary alicyclic amines) is 1. The average molecular weight is 353 g/mol. The highest BCUT2D eigenvalue weighted by Gasteiger charge is 2.44. The molecule has 24 heavy (non-hydrogen) atoms. The van der Waals surface area contributed by atoms with Crippen molar-refractivity contribution in [2.45, 2.75) is 31.3 Å². The number of ether oxygens (including phenoxy) is 3. The second-order valence-corrected chi connectivity index (χ2v) is 6.93. The maximum atomic E-state index is 12.2. The Morgan fingerprint density at radius 3 is 2.96 bits per heavy atom. The van der Waals surface area contributed by atoms with E-state index in [-0.39, 0.29) is 12.5 Å². The molecule has 1 atom stereocenters. The molecule has 4 rings (SSSR count). The molecule has 6 nitrogen and oxygen atoms in total. The average Bonchev–Trinajstić information content (AvgIpc) is 3.26. The summed E-state index contributed by atoms with van der Waals surface area (Å²) in [6.07, 6.45) is 3.61. The van der Waals surface area contributed by atoms with Crippen LogP contribution in [-0.4, -0.2) is 55.3 Å². The molecule has 0 aromatic carbocycles. The Labute approximate surface area is 146 Å². The lowest BCUT2D eigenvalue weighted by Gasteiger charge is -2.34. The Balaban J connectivity index is 1.57. The van der Waals surface area contributed by atoms with Gasteiger partial charge in [-0.1, -0.05) is 11.6 Å². The van der Waals surface area contributed by atoms with Crippen LogP contribution in [0.25, 0.3) is 0 Å². The van der Waals surface area contributed by atoms with Crippen molar-refractivity contribution in [1.82, 2.24) is 9.88 Å². The van der Waals surface area contributed by atoms with E-state index in [1.54, 1.807) is 6.07 Å². The Bertz CT molecular complexity index is 640. The molecule has 0 saturated carbocycles. The van der Waals surface area contributed by atoms with Crippen LogP contribution in [0, 0.1) is 0 Å². The predicted molar refractivity (Wildman–Crippen MR) is 87.3 cm³/mol. The molecule has 0 radical (unpaired) electrons. The molecule has 1 aromatic rings. The SMILES string of the molecule is O=C(COc1cc(Cl)nc2c1CCOC21CCOC1)N1CCCC1. The van der Waals surface area contributed by atoms with Gasteiger partial charge in [0.15, 0.2) is 6.61 Å². The first-order chi connectivity index (χ1) is 11.7. The third-order valence-electron chi connectivity index (χ3n) is 5.01. The summed E-state index contributed by atoms with van der Waals surface area (Å²) in [5.41, 5.74) is 1.28. The van der Waals surface area contributed by atoms with Crippen LogP contribution in [0.5, 0.6) is 5.75 Å². The van der Waals surface area contributed by atoms with Crippen molar-refractivity contribution < 1.29 is 19.0 Å². The predicted octanol–water partition coefficient (Wildman–Crippen LogP) is 1.92. The van der Waals surface area contributed by atoms with E-state index in [1.807, 2.05) is 4.90 Å². The number of carbonyl (C=O) groups excluding carboxylic acids is 1. The van der Waals surface area contributed by atoms with Crippen LogP contribution in [0.15, 0.2) is 6.07 Å². The molecule has 0 aliphatic carbocycles. The molecule has 0 bridgehead atoms. The van der Waals surface area contributed by atoms with E-state index in [4.69, 9.17) is 25.8 Å². The quantitative estimate of drug-likeness (QED) is 0.778. The lowest BCUT2D eigenvalue weighted by Crippen LogP contribution is -2.38. The molecular formula is C17H21ClN2O4. The van der Waals surface area contributed by atoms with Crippen LogP contribution in [0.3, 0.4) is 0 Å². The number of amides is 1. The number of hydrogen-bond acceptors (Lipinski definition) is 5. The van der Waals surface area contributed by atoms with Gasteiger partial charge in [-0.15, -0.1) is 0 Å². The van der Waals surface area contributed by atoms with Crippen LogP contribution in [0.1, 0.15) is 30.5 Å². The number of nitrogens with zero attached hydrogens (tertiary/aromatic N) is 2. The molecule has 3 aliphatic heterocycles. The van der Waals surface area contributed by atoms with Gasteiger partial charge in [-0.2, -0.15) is 0 Å². The number of rotatable bonds is 3. The molecule has 0 N–H and O–H groups in total. The Morgan fingerprint density at radius 1 is 1.38 bits per heavy atom. The van der Waals surface area contributed by atoms with Gasteiger partial charge in [0.1, 0.15) is 16.5 Å². The number of aromatic nitrogens is 1. The van der Waals surface area contributed by atoms with Crippen LogP contribution in [0.4, 0.5) is 0 Å². The van der Waals surface area contributed by atoms with Gasteiger partial charge in [0.2, 0.25) is 0 Å². The minimum atomic E-state index is -0.518. The standard InChI is InChI=1S/C17H21ClN2O4/c18-14-9-13(23-10-15(21)20-5-1-2-6-20)12-3-7-24-17(16(12)19-14)4-8-22-11-17/h9H,1-8,10-11H2. The van der Waals surface area contributed by atoms with Crippen molar-refractivity contribution >= 4 is 17.5 Å². The van der Waals surface area contributed by atoms with Gasteiger partial charge in [-0.3, -0.25) is 4.79 Å². The Morgan fingerprint density at radius 2 is 2.21 bits per heavy atom. The Hall–Kier alpha value is -1.37. The van der Waals surface area contributed by atoms with Gasteiger partial charge < -0.3 is 19.1 Å². The summed E-state index contributed by atoms with van der Waals surface area (Å²) in [4.78, 5) is 18.6. The fraction of sp³-hybridized carbons (Fsp3) is 0.647. The zero-order valence-electron chi connectivity index (χ0n) is 13.6. The summed E-state index contributed by atoms with van der Waals surface area (Å²) in [6.45, 7) is 3.42. The molecule has 1 amide bonds. The smallest absolute Gasteiger partial charge is 0.260 e. The van der Waals surface area contributed by atoms with Crippen LogP contribution >= 0.6 is 11.6 Å². The van der Waals surface area contributed by atoms with Crippen molar-refractivity contribution in [3.63, 3.8) is 0 Å². The second-order valence-electron chi connectivity index (χ2n) is 6.54. The van der Waals surface area contributed by atoms with Crippen LogP contribution < -0.4 is 4.74 Å². The van der Waals surface area contributed by atoms with E-state index >= 15 is 0 Å². The summed E-state index contributed by atoms with van der Waals surface area (Å²) >= 11 is 6.20. The molecule has 130 valence electrons. The largest absolute Gasteiger partial charge is 0.483 e. The van der Waals surface area contributed by atoms with Crippen molar-refractivity contribution in [3.05, 3.63) is 22.5 Å². The van der Waals surface area contributed by atoms with E-state index in [1.165, 1.54) is 0 Å². The molecule has 1 aromatic heterocycles. The zero-order chi connectivity index (χ0) is 16.6. The molecule has 1 unspecified atom stereocenters. The van der Waals surface area contributed by atoms with Gasteiger partial charge in [0.25, 0.3) is 5.91 Å². The third-order valence-corrected chi connectivity index (χ3v) is 5.20. The number of carbonyl (C=O) groups is 1. The fourth-order valence-electron chi connectivity index (χ4n) is 3.73. The van der Waals surface area contributed by atoms with E-state index in [0.717, 1.165) is 43.6 Å². The van der Waals surface area contributed by atoms with E-state index in [9.17, 15) is 4.79 Å². The number of fused-ring (bicyclic) bond motifs is 2. The van der Waals surface area contributed by atoms with Gasteiger partial charge in [-0.05, 0) is 12.8 Å². The molecule has 3 aliphatic rings. The summed E-state index contributed by atoms with van der Waals surface area (Å²) < 4.78 is 17.4. The summed E-state index contributed by atoms with van der Waals surface area (Å²) in [6, 6.07) is 1.70. The third kappa shape index (κ3) is 2.87. The lowest BCUT2D eigenvalue weighted by molar-refractivity contribution is -0.132. The number of pyridine rings is 1. The Kier molecular flexibility index (Phi) is 4.37. The fourth-order valence-corrected chi connectivity index (χ4v) is 3.91. The van der Waals surface area contributed by atoms with Crippen LogP contribution in [0.2, 0.25) is 5.15 Å². The normalized spacial score (nSPS) is 26.0. The second kappa shape index (κ2) is 6.50. The van der Waals surface area contributed by atoms with Crippen molar-refractivity contribution in [2.24, 2.45) is 0 Å². The summed E-state index contributed by atoms with van der Waals surface area (Å²) in [7, 11) is 0. The first-order valence-electron chi connectivity index (χ1n) is 8.50. The molecular weight excluding hydrogens is 332 g/mol. The topological polar surface area (TPSA) is 60.9 Å². The highest BCUT2D eigenvalue weighted by molar-refractivity contribution is 6.29. The molecule has 1 spiro atoms. The van der Waals surface area contributed by atoms with Gasteiger partial charge in [-0.25, -0.2) is 4.98 Å². The van der Waals surface area contributed by atoms with Gasteiger partial charge in [0.05, 0.1) is 18.9 Å². The van der Waals surface area contributed by atoms with E-state index in [2.05, 4.69) is 4.98 Å².